The number of fused-ring (bicyclic) bond motifs is 1. The number of hydrogen-bond acceptors (Lipinski definition) is 4. The fourth-order valence-electron chi connectivity index (χ4n) is 1.67. The molecule has 0 amide bonds. The highest BCUT2D eigenvalue weighted by atomic mass is 16.6. The van der Waals surface area contributed by atoms with Gasteiger partial charge in [-0.15, -0.1) is 0 Å². The average Bonchev–Trinajstić information content (AvgIpc) is 2.76. The van der Waals surface area contributed by atoms with Crippen molar-refractivity contribution in [3.05, 3.63) is 42.5 Å². The molecule has 0 saturated carbocycles. The van der Waals surface area contributed by atoms with Crippen molar-refractivity contribution in [3.63, 3.8) is 0 Å². The smallest absolute Gasteiger partial charge is 0.135 e. The van der Waals surface area contributed by atoms with Crippen molar-refractivity contribution in [1.82, 2.24) is 10.3 Å². The second kappa shape index (κ2) is 3.34. The zero-order valence-electron chi connectivity index (χ0n) is 8.29. The molecule has 0 unspecified atom stereocenters. The lowest BCUT2D eigenvalue weighted by atomic mass is 10.0. The Morgan fingerprint density at radius 1 is 0.938 bits per heavy atom. The van der Waals surface area contributed by atoms with Crippen LogP contribution >= 0.6 is 0 Å². The molecule has 0 aliphatic carbocycles. The van der Waals surface area contributed by atoms with E-state index in [0.717, 1.165) is 11.1 Å². The number of phenolic OH excluding ortho intramolecular Hbond substituents is 1. The first-order chi connectivity index (χ1) is 7.84. The van der Waals surface area contributed by atoms with Crippen LogP contribution in [0.2, 0.25) is 0 Å². The van der Waals surface area contributed by atoms with Gasteiger partial charge in [0.2, 0.25) is 0 Å². The Morgan fingerprint density at radius 2 is 1.75 bits per heavy atom. The standard InChI is InChI=1S/C12H8N2O2/c15-12-4-2-1-3-9(12)8-5-6-10-11(7-8)14-16-13-10/h1-7,15H. The molecule has 78 valence electrons. The molecule has 0 saturated heterocycles. The summed E-state index contributed by atoms with van der Waals surface area (Å²) >= 11 is 0. The molecule has 0 spiro atoms. The summed E-state index contributed by atoms with van der Waals surface area (Å²) in [5.74, 6) is 0.248. The fourth-order valence-corrected chi connectivity index (χ4v) is 1.67. The van der Waals surface area contributed by atoms with Crippen molar-refractivity contribution in [2.75, 3.05) is 0 Å². The molecule has 1 aromatic heterocycles. The molecule has 16 heavy (non-hydrogen) atoms. The largest absolute Gasteiger partial charge is 0.507 e. The Balaban J connectivity index is 2.22. The fraction of sp³-hybridized carbons (Fsp3) is 0. The Labute approximate surface area is 91.1 Å². The molecule has 3 rings (SSSR count). The van der Waals surface area contributed by atoms with Crippen LogP contribution in [0.15, 0.2) is 47.1 Å². The third kappa shape index (κ3) is 1.32. The third-order valence-corrected chi connectivity index (χ3v) is 2.47. The van der Waals surface area contributed by atoms with E-state index in [2.05, 4.69) is 14.9 Å². The van der Waals surface area contributed by atoms with E-state index < -0.39 is 0 Å². The van der Waals surface area contributed by atoms with E-state index in [1.807, 2.05) is 30.3 Å². The topological polar surface area (TPSA) is 59.2 Å². The average molecular weight is 212 g/mol. The summed E-state index contributed by atoms with van der Waals surface area (Å²) in [6.07, 6.45) is 0. The first-order valence-corrected chi connectivity index (χ1v) is 4.85. The number of aromatic hydroxyl groups is 1. The molecule has 0 bridgehead atoms. The van der Waals surface area contributed by atoms with Crippen LogP contribution in [0.25, 0.3) is 22.2 Å². The van der Waals surface area contributed by atoms with Crippen LogP contribution in [0, 0.1) is 0 Å². The lowest BCUT2D eigenvalue weighted by molar-refractivity contribution is 0.315. The molecule has 0 radical (unpaired) electrons. The number of hydrogen-bond donors (Lipinski definition) is 1. The number of aromatic nitrogens is 2. The molecule has 0 aliphatic heterocycles. The predicted molar refractivity (Wildman–Crippen MR) is 58.9 cm³/mol. The van der Waals surface area contributed by atoms with Crippen molar-refractivity contribution in [1.29, 1.82) is 0 Å². The minimum Gasteiger partial charge on any atom is -0.507 e. The van der Waals surface area contributed by atoms with Gasteiger partial charge in [0.25, 0.3) is 0 Å². The quantitative estimate of drug-likeness (QED) is 0.673. The van der Waals surface area contributed by atoms with E-state index in [0.29, 0.717) is 11.0 Å². The summed E-state index contributed by atoms with van der Waals surface area (Å²) in [4.78, 5) is 0. The number of phenols is 1. The summed E-state index contributed by atoms with van der Waals surface area (Å²) in [6.45, 7) is 0. The lowest BCUT2D eigenvalue weighted by Crippen LogP contribution is -1.79. The summed E-state index contributed by atoms with van der Waals surface area (Å²) < 4.78 is 4.62. The first kappa shape index (κ1) is 8.91. The van der Waals surface area contributed by atoms with Crippen LogP contribution in [-0.4, -0.2) is 15.4 Å². The van der Waals surface area contributed by atoms with E-state index in [4.69, 9.17) is 0 Å². The highest BCUT2D eigenvalue weighted by molar-refractivity contribution is 5.82. The highest BCUT2D eigenvalue weighted by Crippen LogP contribution is 2.29. The van der Waals surface area contributed by atoms with Crippen molar-refractivity contribution in [2.45, 2.75) is 0 Å². The molecule has 2 aromatic carbocycles. The van der Waals surface area contributed by atoms with E-state index in [-0.39, 0.29) is 5.75 Å². The Morgan fingerprint density at radius 3 is 2.62 bits per heavy atom. The summed E-state index contributed by atoms with van der Waals surface area (Å²) in [7, 11) is 0. The number of rotatable bonds is 1. The van der Waals surface area contributed by atoms with Crippen LogP contribution in [0.3, 0.4) is 0 Å². The van der Waals surface area contributed by atoms with Crippen LogP contribution < -0.4 is 0 Å². The van der Waals surface area contributed by atoms with E-state index in [1.165, 1.54) is 0 Å². The maximum Gasteiger partial charge on any atom is 0.135 e. The van der Waals surface area contributed by atoms with Gasteiger partial charge in [-0.2, -0.15) is 0 Å². The van der Waals surface area contributed by atoms with Gasteiger partial charge < -0.3 is 5.11 Å². The molecule has 3 aromatic rings. The van der Waals surface area contributed by atoms with Crippen molar-refractivity contribution >= 4 is 11.0 Å². The second-order valence-electron chi connectivity index (χ2n) is 3.48. The minimum atomic E-state index is 0.248. The van der Waals surface area contributed by atoms with Crippen LogP contribution in [-0.2, 0) is 0 Å². The zero-order valence-corrected chi connectivity index (χ0v) is 8.29. The molecule has 4 heteroatoms. The first-order valence-electron chi connectivity index (χ1n) is 4.85. The van der Waals surface area contributed by atoms with Gasteiger partial charge in [-0.05, 0) is 34.1 Å². The normalized spacial score (nSPS) is 10.8. The second-order valence-corrected chi connectivity index (χ2v) is 3.48. The highest BCUT2D eigenvalue weighted by Gasteiger charge is 2.06. The molecule has 0 fully saturated rings. The van der Waals surface area contributed by atoms with E-state index in [1.54, 1.807) is 12.1 Å². The van der Waals surface area contributed by atoms with Gasteiger partial charge in [0, 0.05) is 5.56 Å². The minimum absolute atomic E-state index is 0.248. The summed E-state index contributed by atoms with van der Waals surface area (Å²) in [5, 5.41) is 17.2. The molecular formula is C12H8N2O2. The summed E-state index contributed by atoms with van der Waals surface area (Å²) in [6, 6.07) is 12.7. The van der Waals surface area contributed by atoms with Crippen molar-refractivity contribution in [2.24, 2.45) is 0 Å². The van der Waals surface area contributed by atoms with Gasteiger partial charge in [-0.3, -0.25) is 0 Å². The summed E-state index contributed by atoms with van der Waals surface area (Å²) in [5.41, 5.74) is 3.05. The zero-order chi connectivity index (χ0) is 11.0. The molecule has 0 aliphatic rings. The van der Waals surface area contributed by atoms with E-state index in [9.17, 15) is 5.11 Å². The number of benzene rings is 2. The van der Waals surface area contributed by atoms with Crippen LogP contribution in [0.1, 0.15) is 0 Å². The van der Waals surface area contributed by atoms with Gasteiger partial charge >= 0.3 is 0 Å². The van der Waals surface area contributed by atoms with Gasteiger partial charge in [0.05, 0.1) is 0 Å². The molecule has 1 N–H and O–H groups in total. The molecule has 0 atom stereocenters. The van der Waals surface area contributed by atoms with E-state index >= 15 is 0 Å². The maximum atomic E-state index is 9.73. The molecule has 1 heterocycles. The Kier molecular flexibility index (Phi) is 1.86. The van der Waals surface area contributed by atoms with Gasteiger partial charge in [-0.1, -0.05) is 24.3 Å². The monoisotopic (exact) mass is 212 g/mol. The van der Waals surface area contributed by atoms with Crippen molar-refractivity contribution in [3.8, 4) is 16.9 Å². The molecule has 4 nitrogen and oxygen atoms in total. The SMILES string of the molecule is Oc1ccccc1-c1ccc2nonc2c1. The van der Waals surface area contributed by atoms with Gasteiger partial charge in [0.1, 0.15) is 16.8 Å². The third-order valence-electron chi connectivity index (χ3n) is 2.47. The maximum absolute atomic E-state index is 9.73. The van der Waals surface area contributed by atoms with Gasteiger partial charge in [-0.25, -0.2) is 4.63 Å². The Bertz CT molecular complexity index is 646. The van der Waals surface area contributed by atoms with Gasteiger partial charge in [0.15, 0.2) is 0 Å². The lowest BCUT2D eigenvalue weighted by Gasteiger charge is -2.03. The predicted octanol–water partition coefficient (Wildman–Crippen LogP) is 2.60. The number of nitrogens with zero attached hydrogens (tertiary/aromatic N) is 2. The van der Waals surface area contributed by atoms with Crippen molar-refractivity contribution < 1.29 is 9.74 Å². The van der Waals surface area contributed by atoms with Crippen LogP contribution in [0.5, 0.6) is 5.75 Å². The number of para-hydroxylation sites is 1. The Hall–Kier alpha value is -2.36. The molecular weight excluding hydrogens is 204 g/mol. The van der Waals surface area contributed by atoms with Crippen LogP contribution in [0.4, 0.5) is 0 Å².